The molecule has 4 aromatic rings. The van der Waals surface area contributed by atoms with Crippen LogP contribution in [0.2, 0.25) is 0 Å². The van der Waals surface area contributed by atoms with Gasteiger partial charge in [-0.05, 0) is 55.5 Å². The van der Waals surface area contributed by atoms with Crippen molar-refractivity contribution in [2.75, 3.05) is 11.8 Å². The van der Waals surface area contributed by atoms with E-state index in [0.717, 1.165) is 15.8 Å². The minimum atomic E-state index is -3.71. The van der Waals surface area contributed by atoms with Crippen LogP contribution < -0.4 is 14.3 Å². The fourth-order valence-corrected chi connectivity index (χ4v) is 5.30. The second kappa shape index (κ2) is 8.60. The maximum Gasteiger partial charge on any atom is 0.279 e. The molecule has 164 valence electrons. The number of benzene rings is 3. The van der Waals surface area contributed by atoms with Gasteiger partial charge in [0.15, 0.2) is 4.80 Å². The Balaban J connectivity index is 1.58. The van der Waals surface area contributed by atoms with E-state index >= 15 is 0 Å². The highest BCUT2D eigenvalue weighted by molar-refractivity contribution is 7.92. The first-order chi connectivity index (χ1) is 15.3. The Labute approximate surface area is 189 Å². The van der Waals surface area contributed by atoms with Gasteiger partial charge in [0, 0.05) is 18.3 Å². The molecule has 0 saturated carbocycles. The van der Waals surface area contributed by atoms with E-state index in [4.69, 9.17) is 4.74 Å². The van der Waals surface area contributed by atoms with E-state index in [-0.39, 0.29) is 4.90 Å². The number of sulfonamides is 1. The van der Waals surface area contributed by atoms with Crippen LogP contribution in [0.5, 0.6) is 5.75 Å². The predicted molar refractivity (Wildman–Crippen MR) is 126 cm³/mol. The zero-order valence-corrected chi connectivity index (χ0v) is 19.3. The second-order valence-corrected chi connectivity index (χ2v) is 9.86. The minimum absolute atomic E-state index is 0.172. The zero-order chi connectivity index (χ0) is 22.9. The first-order valence-electron chi connectivity index (χ1n) is 9.69. The summed E-state index contributed by atoms with van der Waals surface area (Å²) in [5.41, 5.74) is 2.56. The first kappa shape index (κ1) is 21.8. The van der Waals surface area contributed by atoms with E-state index in [2.05, 4.69) is 9.71 Å². The van der Waals surface area contributed by atoms with Crippen LogP contribution >= 0.6 is 11.3 Å². The number of methoxy groups -OCH3 is 1. The van der Waals surface area contributed by atoms with Crippen molar-refractivity contribution in [3.8, 4) is 5.75 Å². The maximum absolute atomic E-state index is 12.7. The minimum Gasteiger partial charge on any atom is -0.495 e. The van der Waals surface area contributed by atoms with Gasteiger partial charge in [0.1, 0.15) is 11.3 Å². The number of fused-ring (bicyclic) bond motifs is 1. The summed E-state index contributed by atoms with van der Waals surface area (Å²) >= 11 is 1.39. The summed E-state index contributed by atoms with van der Waals surface area (Å²) in [6, 6.07) is 18.5. The highest BCUT2D eigenvalue weighted by Gasteiger charge is 2.15. The van der Waals surface area contributed by atoms with Crippen molar-refractivity contribution in [1.82, 2.24) is 4.57 Å². The standard InChI is InChI=1S/C23H21N3O4S2/c1-15-7-13-18(14-8-15)32(28,29)25-17-11-9-16(10-12-17)22(27)24-23-26(2)21-19(30-3)5-4-6-20(21)31-23/h4-14,25H,1-3H3. The topological polar surface area (TPSA) is 89.8 Å². The van der Waals surface area contributed by atoms with Gasteiger partial charge in [-0.15, -0.1) is 0 Å². The highest BCUT2D eigenvalue weighted by Crippen LogP contribution is 2.26. The summed E-state index contributed by atoms with van der Waals surface area (Å²) in [5.74, 6) is 0.291. The van der Waals surface area contributed by atoms with Crippen LogP contribution in [0.3, 0.4) is 0 Å². The van der Waals surface area contributed by atoms with Gasteiger partial charge in [0.2, 0.25) is 0 Å². The third-order valence-electron chi connectivity index (χ3n) is 4.92. The third kappa shape index (κ3) is 4.30. The van der Waals surface area contributed by atoms with Crippen LogP contribution in [0, 0.1) is 6.92 Å². The molecule has 1 N–H and O–H groups in total. The van der Waals surface area contributed by atoms with E-state index in [0.29, 0.717) is 21.8 Å². The lowest BCUT2D eigenvalue weighted by Gasteiger charge is -2.08. The molecule has 32 heavy (non-hydrogen) atoms. The fourth-order valence-electron chi connectivity index (χ4n) is 3.20. The first-order valence-corrected chi connectivity index (χ1v) is 12.0. The van der Waals surface area contributed by atoms with Crippen LogP contribution in [-0.2, 0) is 17.1 Å². The quantitative estimate of drug-likeness (QED) is 0.479. The number of ether oxygens (including phenoxy) is 1. The second-order valence-electron chi connectivity index (χ2n) is 7.16. The number of rotatable bonds is 5. The van der Waals surface area contributed by atoms with Gasteiger partial charge in [-0.2, -0.15) is 4.99 Å². The number of nitrogens with zero attached hydrogens (tertiary/aromatic N) is 2. The molecular weight excluding hydrogens is 446 g/mol. The predicted octanol–water partition coefficient (Wildman–Crippen LogP) is 4.10. The Morgan fingerprint density at radius 3 is 2.38 bits per heavy atom. The molecule has 4 rings (SSSR count). The maximum atomic E-state index is 12.7. The van der Waals surface area contributed by atoms with Gasteiger partial charge in [-0.1, -0.05) is 35.1 Å². The molecule has 1 heterocycles. The molecule has 0 aliphatic rings. The number of amides is 1. The lowest BCUT2D eigenvalue weighted by Crippen LogP contribution is -2.14. The van der Waals surface area contributed by atoms with Gasteiger partial charge >= 0.3 is 0 Å². The van der Waals surface area contributed by atoms with Crippen LogP contribution in [-0.4, -0.2) is 26.0 Å². The molecule has 7 nitrogen and oxygen atoms in total. The van der Waals surface area contributed by atoms with Crippen molar-refractivity contribution in [2.45, 2.75) is 11.8 Å². The van der Waals surface area contributed by atoms with E-state index in [1.54, 1.807) is 55.6 Å². The number of hydrogen-bond donors (Lipinski definition) is 1. The number of nitrogens with one attached hydrogen (secondary N) is 1. The van der Waals surface area contributed by atoms with Crippen molar-refractivity contribution < 1.29 is 17.9 Å². The highest BCUT2D eigenvalue weighted by atomic mass is 32.2. The van der Waals surface area contributed by atoms with Crippen LogP contribution in [0.4, 0.5) is 5.69 Å². The molecule has 0 unspecified atom stereocenters. The molecule has 0 aliphatic carbocycles. The number of para-hydroxylation sites is 1. The summed E-state index contributed by atoms with van der Waals surface area (Å²) in [6.45, 7) is 1.89. The monoisotopic (exact) mass is 467 g/mol. The van der Waals surface area contributed by atoms with Crippen molar-refractivity contribution in [3.05, 3.63) is 82.7 Å². The lowest BCUT2D eigenvalue weighted by atomic mass is 10.2. The number of anilines is 1. The normalized spacial score (nSPS) is 12.2. The van der Waals surface area contributed by atoms with E-state index in [1.165, 1.54) is 11.3 Å². The number of thiazole rings is 1. The van der Waals surface area contributed by atoms with Gasteiger partial charge in [-0.3, -0.25) is 9.52 Å². The summed E-state index contributed by atoms with van der Waals surface area (Å²) in [5, 5.41) is 0. The molecule has 1 amide bonds. The molecule has 0 aliphatic heterocycles. The fraction of sp³-hybridized carbons (Fsp3) is 0.130. The Kier molecular flexibility index (Phi) is 5.86. The molecule has 0 fully saturated rings. The van der Waals surface area contributed by atoms with E-state index in [9.17, 15) is 13.2 Å². The summed E-state index contributed by atoms with van der Waals surface area (Å²) in [6.07, 6.45) is 0. The molecular formula is C23H21N3O4S2. The lowest BCUT2D eigenvalue weighted by molar-refractivity contribution is 0.0998. The Morgan fingerprint density at radius 1 is 1.03 bits per heavy atom. The summed E-state index contributed by atoms with van der Waals surface area (Å²) in [7, 11) is -0.281. The Hall–Kier alpha value is -3.43. The molecule has 9 heteroatoms. The number of hydrogen-bond acceptors (Lipinski definition) is 5. The van der Waals surface area contributed by atoms with Gasteiger partial charge < -0.3 is 9.30 Å². The van der Waals surface area contributed by atoms with Crippen molar-refractivity contribution >= 4 is 43.2 Å². The molecule has 0 atom stereocenters. The molecule has 0 spiro atoms. The van der Waals surface area contributed by atoms with Crippen molar-refractivity contribution in [1.29, 1.82) is 0 Å². The van der Waals surface area contributed by atoms with Crippen LogP contribution in [0.1, 0.15) is 15.9 Å². The Bertz CT molecular complexity index is 1470. The van der Waals surface area contributed by atoms with Crippen molar-refractivity contribution in [2.24, 2.45) is 12.0 Å². The number of carbonyl (C=O) groups excluding carboxylic acids is 1. The number of aromatic nitrogens is 1. The van der Waals surface area contributed by atoms with Crippen LogP contribution in [0.25, 0.3) is 10.2 Å². The van der Waals surface area contributed by atoms with Gasteiger partial charge in [0.05, 0.1) is 16.7 Å². The van der Waals surface area contributed by atoms with E-state index < -0.39 is 15.9 Å². The molecule has 0 saturated heterocycles. The number of aryl methyl sites for hydroxylation is 2. The molecule has 3 aromatic carbocycles. The SMILES string of the molecule is COc1cccc2sc(=NC(=O)c3ccc(NS(=O)(=O)c4ccc(C)cc4)cc3)n(C)c12. The smallest absolute Gasteiger partial charge is 0.279 e. The van der Waals surface area contributed by atoms with Gasteiger partial charge in [-0.25, -0.2) is 8.42 Å². The van der Waals surface area contributed by atoms with E-state index in [1.807, 2.05) is 36.7 Å². The average Bonchev–Trinajstić information content (AvgIpc) is 3.09. The largest absolute Gasteiger partial charge is 0.495 e. The van der Waals surface area contributed by atoms with Crippen LogP contribution in [0.15, 0.2) is 76.6 Å². The zero-order valence-electron chi connectivity index (χ0n) is 17.7. The number of carbonyl (C=O) groups is 1. The third-order valence-corrected chi connectivity index (χ3v) is 7.41. The Morgan fingerprint density at radius 2 is 1.72 bits per heavy atom. The molecule has 0 radical (unpaired) electrons. The van der Waals surface area contributed by atoms with Gasteiger partial charge in [0.25, 0.3) is 15.9 Å². The summed E-state index contributed by atoms with van der Waals surface area (Å²) < 4.78 is 35.8. The van der Waals surface area contributed by atoms with Crippen molar-refractivity contribution in [3.63, 3.8) is 0 Å². The molecule has 1 aromatic heterocycles. The average molecular weight is 468 g/mol. The molecule has 0 bridgehead atoms. The summed E-state index contributed by atoms with van der Waals surface area (Å²) in [4.78, 5) is 17.7.